The van der Waals surface area contributed by atoms with E-state index in [-0.39, 0.29) is 11.4 Å². The maximum atomic E-state index is 12.8. The molecule has 172 valence electrons. The molecule has 8 heteroatoms. The average molecular weight is 509 g/mol. The molecule has 0 spiro atoms. The van der Waals surface area contributed by atoms with Gasteiger partial charge in [0.05, 0.1) is 4.91 Å². The van der Waals surface area contributed by atoms with E-state index in [1.165, 1.54) is 5.56 Å². The minimum atomic E-state index is -0.480. The Labute approximate surface area is 211 Å². The van der Waals surface area contributed by atoms with Crippen LogP contribution in [-0.4, -0.2) is 28.5 Å². The Morgan fingerprint density at radius 2 is 1.65 bits per heavy atom. The van der Waals surface area contributed by atoms with Crippen LogP contribution in [0.2, 0.25) is 5.02 Å². The Balaban J connectivity index is 1.40. The molecule has 0 unspecified atom stereocenters. The number of aryl methyl sites for hydroxylation is 2. The highest BCUT2D eigenvalue weighted by Crippen LogP contribution is 2.33. The molecule has 0 bridgehead atoms. The second-order valence-electron chi connectivity index (χ2n) is 7.76. The van der Waals surface area contributed by atoms with Gasteiger partial charge in [-0.25, -0.2) is 0 Å². The highest BCUT2D eigenvalue weighted by atomic mass is 35.5. The van der Waals surface area contributed by atoms with Crippen LogP contribution in [0.1, 0.15) is 16.7 Å². The first-order valence-corrected chi connectivity index (χ1v) is 12.5. The molecule has 5 nitrogen and oxygen atoms in total. The normalized spacial score (nSPS) is 14.7. The molecule has 0 aliphatic carbocycles. The lowest BCUT2D eigenvalue weighted by molar-refractivity contribution is -0.127. The van der Waals surface area contributed by atoms with Gasteiger partial charge >= 0.3 is 0 Å². The molecule has 3 aromatic carbocycles. The van der Waals surface area contributed by atoms with Crippen LogP contribution in [-0.2, 0) is 9.59 Å². The van der Waals surface area contributed by atoms with Gasteiger partial charge in [0.1, 0.15) is 6.54 Å². The van der Waals surface area contributed by atoms with Crippen molar-refractivity contribution in [2.45, 2.75) is 23.6 Å². The predicted molar refractivity (Wildman–Crippen MR) is 139 cm³/mol. The molecular weight excluding hydrogens is 488 g/mol. The monoisotopic (exact) mass is 508 g/mol. The fourth-order valence-electron chi connectivity index (χ4n) is 3.22. The molecule has 0 radical (unpaired) electrons. The highest BCUT2D eigenvalue weighted by Gasteiger charge is 2.36. The van der Waals surface area contributed by atoms with E-state index >= 15 is 0 Å². The van der Waals surface area contributed by atoms with E-state index in [1.807, 2.05) is 31.2 Å². The van der Waals surface area contributed by atoms with E-state index in [4.69, 9.17) is 11.6 Å². The van der Waals surface area contributed by atoms with Crippen molar-refractivity contribution in [3.05, 3.63) is 93.3 Å². The molecule has 1 saturated heterocycles. The molecule has 1 fully saturated rings. The van der Waals surface area contributed by atoms with Gasteiger partial charge in [0.2, 0.25) is 5.91 Å². The Hall–Kier alpha value is -3.00. The third kappa shape index (κ3) is 5.91. The Morgan fingerprint density at radius 3 is 2.32 bits per heavy atom. The van der Waals surface area contributed by atoms with Crippen LogP contribution in [0.4, 0.5) is 10.5 Å². The van der Waals surface area contributed by atoms with E-state index < -0.39 is 17.1 Å². The largest absolute Gasteiger partial charge is 0.324 e. The zero-order valence-corrected chi connectivity index (χ0v) is 20.9. The lowest BCUT2D eigenvalue weighted by atomic mass is 10.2. The second kappa shape index (κ2) is 10.5. The van der Waals surface area contributed by atoms with Crippen LogP contribution in [0, 0.1) is 13.8 Å². The summed E-state index contributed by atoms with van der Waals surface area (Å²) in [6.45, 7) is 3.52. The SMILES string of the molecule is Cc1ccc(Sc2ccc(/C=C3\SC(=O)N(CC(=O)Nc4cc(Cl)ccc4C)C3=O)cc2)cc1. The summed E-state index contributed by atoms with van der Waals surface area (Å²) in [6.07, 6.45) is 1.67. The summed E-state index contributed by atoms with van der Waals surface area (Å²) in [7, 11) is 0. The van der Waals surface area contributed by atoms with E-state index in [2.05, 4.69) is 36.5 Å². The molecule has 1 heterocycles. The zero-order chi connectivity index (χ0) is 24.2. The van der Waals surface area contributed by atoms with Crippen LogP contribution in [0.25, 0.3) is 6.08 Å². The number of carbonyl (C=O) groups excluding carboxylic acids is 3. The van der Waals surface area contributed by atoms with Gasteiger partial charge in [-0.2, -0.15) is 0 Å². The summed E-state index contributed by atoms with van der Waals surface area (Å²) >= 11 is 8.47. The molecule has 0 saturated carbocycles. The van der Waals surface area contributed by atoms with Crippen molar-refractivity contribution in [2.75, 3.05) is 11.9 Å². The number of nitrogens with zero attached hydrogens (tertiary/aromatic N) is 1. The first-order chi connectivity index (χ1) is 16.3. The third-order valence-electron chi connectivity index (χ3n) is 5.08. The van der Waals surface area contributed by atoms with Gasteiger partial charge in [-0.15, -0.1) is 0 Å². The number of amides is 3. The van der Waals surface area contributed by atoms with Crippen LogP contribution in [0.3, 0.4) is 0 Å². The minimum absolute atomic E-state index is 0.288. The van der Waals surface area contributed by atoms with Crippen molar-refractivity contribution in [1.29, 1.82) is 0 Å². The van der Waals surface area contributed by atoms with Crippen molar-refractivity contribution in [2.24, 2.45) is 0 Å². The molecule has 0 aromatic heterocycles. The number of imide groups is 1. The minimum Gasteiger partial charge on any atom is -0.324 e. The van der Waals surface area contributed by atoms with Gasteiger partial charge in [-0.3, -0.25) is 19.3 Å². The number of anilines is 1. The van der Waals surface area contributed by atoms with Gasteiger partial charge in [0.25, 0.3) is 11.1 Å². The number of carbonyl (C=O) groups is 3. The zero-order valence-electron chi connectivity index (χ0n) is 18.5. The van der Waals surface area contributed by atoms with E-state index in [1.54, 1.807) is 36.0 Å². The average Bonchev–Trinajstić information content (AvgIpc) is 3.06. The van der Waals surface area contributed by atoms with Crippen molar-refractivity contribution >= 4 is 63.9 Å². The Bertz CT molecular complexity index is 1290. The first-order valence-electron chi connectivity index (χ1n) is 10.4. The molecule has 1 aliphatic rings. The molecule has 3 amide bonds. The van der Waals surface area contributed by atoms with Gasteiger partial charge in [0, 0.05) is 20.5 Å². The lowest BCUT2D eigenvalue weighted by Gasteiger charge is -2.13. The lowest BCUT2D eigenvalue weighted by Crippen LogP contribution is -2.36. The standard InChI is InChI=1S/C26H21ClN2O3S2/c1-16-3-9-20(10-4-16)33-21-11-6-18(7-12-21)13-23-25(31)29(26(32)34-23)15-24(30)28-22-14-19(27)8-5-17(22)2/h3-14H,15H2,1-2H3,(H,28,30)/b23-13-. The van der Waals surface area contributed by atoms with Gasteiger partial charge in [-0.1, -0.05) is 59.3 Å². The smallest absolute Gasteiger partial charge is 0.294 e. The highest BCUT2D eigenvalue weighted by molar-refractivity contribution is 8.18. The molecule has 1 aliphatic heterocycles. The molecule has 34 heavy (non-hydrogen) atoms. The van der Waals surface area contributed by atoms with Crippen molar-refractivity contribution in [3.8, 4) is 0 Å². The van der Waals surface area contributed by atoms with Crippen LogP contribution < -0.4 is 5.32 Å². The topological polar surface area (TPSA) is 66.5 Å². The van der Waals surface area contributed by atoms with Crippen molar-refractivity contribution in [3.63, 3.8) is 0 Å². The summed E-state index contributed by atoms with van der Waals surface area (Å²) in [4.78, 5) is 41.1. The number of hydrogen-bond acceptors (Lipinski definition) is 5. The number of thioether (sulfide) groups is 1. The Kier molecular flexibility index (Phi) is 7.46. The summed E-state index contributed by atoms with van der Waals surface area (Å²) in [5, 5.41) is 2.73. The molecule has 1 N–H and O–H groups in total. The fraction of sp³-hybridized carbons (Fsp3) is 0.115. The van der Waals surface area contributed by atoms with Crippen LogP contribution in [0.5, 0.6) is 0 Å². The quantitative estimate of drug-likeness (QED) is 0.371. The first kappa shape index (κ1) is 24.1. The third-order valence-corrected chi connectivity index (χ3v) is 7.24. The van der Waals surface area contributed by atoms with Crippen molar-refractivity contribution in [1.82, 2.24) is 4.90 Å². The predicted octanol–water partition coefficient (Wildman–Crippen LogP) is 6.78. The summed E-state index contributed by atoms with van der Waals surface area (Å²) in [5.74, 6) is -0.947. The summed E-state index contributed by atoms with van der Waals surface area (Å²) in [5.41, 5.74) is 3.39. The maximum absolute atomic E-state index is 12.8. The van der Waals surface area contributed by atoms with Gasteiger partial charge in [0.15, 0.2) is 0 Å². The van der Waals surface area contributed by atoms with E-state index in [0.29, 0.717) is 10.7 Å². The number of halogens is 1. The maximum Gasteiger partial charge on any atom is 0.294 e. The molecular formula is C26H21ClN2O3S2. The Morgan fingerprint density at radius 1 is 1.00 bits per heavy atom. The van der Waals surface area contributed by atoms with Gasteiger partial charge < -0.3 is 5.32 Å². The van der Waals surface area contributed by atoms with Crippen LogP contribution >= 0.6 is 35.1 Å². The fourth-order valence-corrected chi connectivity index (χ4v) is 5.05. The summed E-state index contributed by atoms with van der Waals surface area (Å²) in [6, 6.07) is 21.2. The van der Waals surface area contributed by atoms with Crippen molar-refractivity contribution < 1.29 is 14.4 Å². The number of benzene rings is 3. The number of nitrogens with one attached hydrogen (secondary N) is 1. The van der Waals surface area contributed by atoms with Crippen LogP contribution in [0.15, 0.2) is 81.4 Å². The molecule has 4 rings (SSSR count). The second-order valence-corrected chi connectivity index (χ2v) is 10.3. The summed E-state index contributed by atoms with van der Waals surface area (Å²) < 4.78 is 0. The molecule has 3 aromatic rings. The van der Waals surface area contributed by atoms with E-state index in [0.717, 1.165) is 37.6 Å². The van der Waals surface area contributed by atoms with E-state index in [9.17, 15) is 14.4 Å². The number of rotatable bonds is 6. The number of hydrogen-bond donors (Lipinski definition) is 1. The van der Waals surface area contributed by atoms with Gasteiger partial charge in [-0.05, 0) is 79.2 Å². The molecule has 0 atom stereocenters.